The first-order valence-corrected chi connectivity index (χ1v) is 7.77. The zero-order valence-electron chi connectivity index (χ0n) is 11.8. The van der Waals surface area contributed by atoms with E-state index in [0.717, 1.165) is 23.7 Å². The summed E-state index contributed by atoms with van der Waals surface area (Å²) in [6.07, 6.45) is 8.56. The van der Waals surface area contributed by atoms with Gasteiger partial charge in [-0.25, -0.2) is 9.48 Å². The highest BCUT2D eigenvalue weighted by molar-refractivity contribution is 5.84. The number of nitrogens with zero attached hydrogens (tertiary/aromatic N) is 3. The van der Waals surface area contributed by atoms with E-state index in [1.54, 1.807) is 10.9 Å². The van der Waals surface area contributed by atoms with Crippen molar-refractivity contribution in [3.63, 3.8) is 0 Å². The van der Waals surface area contributed by atoms with Crippen LogP contribution in [0.15, 0.2) is 6.20 Å². The summed E-state index contributed by atoms with van der Waals surface area (Å²) in [4.78, 5) is 10.9. The first kappa shape index (κ1) is 12.4. The highest BCUT2D eigenvalue weighted by Gasteiger charge is 2.50. The topological polar surface area (TPSA) is 68.0 Å². The van der Waals surface area contributed by atoms with Crippen molar-refractivity contribution in [3.05, 3.63) is 11.9 Å². The first-order chi connectivity index (χ1) is 9.61. The van der Waals surface area contributed by atoms with Crippen LogP contribution in [-0.2, 0) is 0 Å². The molecule has 4 saturated carbocycles. The van der Waals surface area contributed by atoms with Crippen molar-refractivity contribution in [2.45, 2.75) is 45.1 Å². The predicted octanol–water partition coefficient (Wildman–Crippen LogP) is 2.61. The Labute approximate surface area is 118 Å². The van der Waals surface area contributed by atoms with E-state index in [0.29, 0.717) is 5.92 Å². The lowest BCUT2D eigenvalue weighted by molar-refractivity contribution is -0.0573. The average Bonchev–Trinajstić information content (AvgIpc) is 2.86. The third-order valence-corrected chi connectivity index (χ3v) is 6.00. The molecular formula is C15H21N3O2. The van der Waals surface area contributed by atoms with Crippen LogP contribution in [0.4, 0.5) is 0 Å². The van der Waals surface area contributed by atoms with Gasteiger partial charge in [0.25, 0.3) is 0 Å². The van der Waals surface area contributed by atoms with Gasteiger partial charge in [0.15, 0.2) is 5.69 Å². The second kappa shape index (κ2) is 4.30. The van der Waals surface area contributed by atoms with Crippen LogP contribution < -0.4 is 0 Å². The van der Waals surface area contributed by atoms with Crippen LogP contribution in [0.3, 0.4) is 0 Å². The summed E-state index contributed by atoms with van der Waals surface area (Å²) in [5.41, 5.74) is 0.0562. The minimum absolute atomic E-state index is 0.0562. The molecule has 1 atom stereocenters. The molecule has 0 saturated heterocycles. The number of aromatic carboxylic acids is 1. The third kappa shape index (κ3) is 1.79. The number of carboxylic acid groups (broad SMARTS) is 1. The van der Waals surface area contributed by atoms with Gasteiger partial charge in [-0.15, -0.1) is 5.10 Å². The zero-order chi connectivity index (χ0) is 13.9. The van der Waals surface area contributed by atoms with Gasteiger partial charge in [-0.05, 0) is 68.6 Å². The Morgan fingerprint density at radius 3 is 2.35 bits per heavy atom. The van der Waals surface area contributed by atoms with Gasteiger partial charge in [0.05, 0.1) is 12.2 Å². The number of hydrogen-bond acceptors (Lipinski definition) is 3. The maximum absolute atomic E-state index is 10.9. The molecule has 0 aliphatic heterocycles. The lowest BCUT2D eigenvalue weighted by Gasteiger charge is -2.55. The Balaban J connectivity index is 1.58. The molecule has 5 rings (SSSR count). The monoisotopic (exact) mass is 275 g/mol. The molecule has 4 aliphatic carbocycles. The van der Waals surface area contributed by atoms with E-state index < -0.39 is 5.97 Å². The van der Waals surface area contributed by atoms with Crippen LogP contribution in [0.2, 0.25) is 0 Å². The van der Waals surface area contributed by atoms with Crippen LogP contribution in [0.25, 0.3) is 0 Å². The summed E-state index contributed by atoms with van der Waals surface area (Å²) in [7, 11) is 0. The molecule has 1 heterocycles. The molecule has 20 heavy (non-hydrogen) atoms. The molecular weight excluding hydrogens is 254 g/mol. The fourth-order valence-corrected chi connectivity index (χ4v) is 5.51. The van der Waals surface area contributed by atoms with E-state index in [1.165, 1.54) is 32.1 Å². The normalized spacial score (nSPS) is 40.0. The lowest BCUT2D eigenvalue weighted by Crippen LogP contribution is -2.47. The highest BCUT2D eigenvalue weighted by Crippen LogP contribution is 2.58. The third-order valence-electron chi connectivity index (χ3n) is 6.00. The Hall–Kier alpha value is -1.39. The maximum atomic E-state index is 10.9. The molecule has 1 unspecified atom stereocenters. The summed E-state index contributed by atoms with van der Waals surface area (Å²) in [6.45, 7) is 2.19. The number of hydrogen-bond donors (Lipinski definition) is 1. The van der Waals surface area contributed by atoms with Crippen molar-refractivity contribution in [1.82, 2.24) is 15.0 Å². The van der Waals surface area contributed by atoms with Gasteiger partial charge in [-0.1, -0.05) is 5.21 Å². The van der Waals surface area contributed by atoms with E-state index in [1.807, 2.05) is 0 Å². The summed E-state index contributed by atoms with van der Waals surface area (Å²) in [5.74, 6) is 3.23. The molecule has 1 aromatic heterocycles. The minimum Gasteiger partial charge on any atom is -0.476 e. The molecule has 5 nitrogen and oxygen atoms in total. The lowest BCUT2D eigenvalue weighted by atomic mass is 9.50. The van der Waals surface area contributed by atoms with E-state index in [2.05, 4.69) is 17.2 Å². The van der Waals surface area contributed by atoms with Gasteiger partial charge >= 0.3 is 5.97 Å². The maximum Gasteiger partial charge on any atom is 0.358 e. The Morgan fingerprint density at radius 1 is 1.25 bits per heavy atom. The summed E-state index contributed by atoms with van der Waals surface area (Å²) < 4.78 is 1.79. The molecule has 0 amide bonds. The largest absolute Gasteiger partial charge is 0.476 e. The van der Waals surface area contributed by atoms with Crippen LogP contribution in [0, 0.1) is 29.6 Å². The van der Waals surface area contributed by atoms with Crippen LogP contribution in [0.5, 0.6) is 0 Å². The molecule has 0 spiro atoms. The smallest absolute Gasteiger partial charge is 0.358 e. The SMILES string of the molecule is CC(C1C2CC3CC(C2)CC1C3)n1cc(C(=O)O)nn1. The van der Waals surface area contributed by atoms with Crippen molar-refractivity contribution in [2.75, 3.05) is 0 Å². The van der Waals surface area contributed by atoms with Crippen LogP contribution in [-0.4, -0.2) is 26.1 Å². The molecule has 108 valence electrons. The second-order valence-corrected chi connectivity index (χ2v) is 7.14. The van der Waals surface area contributed by atoms with Crippen molar-refractivity contribution in [2.24, 2.45) is 29.6 Å². The van der Waals surface area contributed by atoms with E-state index in [4.69, 9.17) is 5.11 Å². The number of carboxylic acids is 1. The molecule has 0 aromatic carbocycles. The van der Waals surface area contributed by atoms with Crippen LogP contribution >= 0.6 is 0 Å². The fourth-order valence-electron chi connectivity index (χ4n) is 5.51. The fraction of sp³-hybridized carbons (Fsp3) is 0.800. The molecule has 4 aliphatic rings. The Kier molecular flexibility index (Phi) is 2.66. The molecule has 4 bridgehead atoms. The summed E-state index contributed by atoms with van der Waals surface area (Å²) >= 11 is 0. The minimum atomic E-state index is -0.992. The number of carbonyl (C=O) groups is 1. The van der Waals surface area contributed by atoms with Crippen LogP contribution in [0.1, 0.15) is 55.6 Å². The molecule has 1 N–H and O–H groups in total. The molecule has 4 fully saturated rings. The number of rotatable bonds is 3. The van der Waals surface area contributed by atoms with Gasteiger partial charge in [-0.2, -0.15) is 0 Å². The summed E-state index contributed by atoms with van der Waals surface area (Å²) in [5, 5.41) is 16.8. The van der Waals surface area contributed by atoms with E-state index >= 15 is 0 Å². The zero-order valence-corrected chi connectivity index (χ0v) is 11.8. The second-order valence-electron chi connectivity index (χ2n) is 7.14. The van der Waals surface area contributed by atoms with E-state index in [-0.39, 0.29) is 11.7 Å². The standard InChI is InChI=1S/C15H21N3O2/c1-8(18-7-13(15(19)20)16-17-18)14-11-3-9-2-10(5-11)6-12(14)4-9/h7-12,14H,2-6H2,1H3,(H,19,20). The van der Waals surface area contributed by atoms with Gasteiger partial charge in [0.1, 0.15) is 0 Å². The average molecular weight is 275 g/mol. The Morgan fingerprint density at radius 2 is 1.85 bits per heavy atom. The van der Waals surface area contributed by atoms with Crippen molar-refractivity contribution < 1.29 is 9.90 Å². The van der Waals surface area contributed by atoms with Gasteiger partial charge in [-0.3, -0.25) is 0 Å². The molecule has 1 aromatic rings. The summed E-state index contributed by atoms with van der Waals surface area (Å²) in [6, 6.07) is 0.269. The quantitative estimate of drug-likeness (QED) is 0.920. The first-order valence-electron chi connectivity index (χ1n) is 7.77. The number of aromatic nitrogens is 3. The van der Waals surface area contributed by atoms with Gasteiger partial charge in [0, 0.05) is 0 Å². The molecule has 0 radical (unpaired) electrons. The predicted molar refractivity (Wildman–Crippen MR) is 72.2 cm³/mol. The van der Waals surface area contributed by atoms with Gasteiger partial charge < -0.3 is 5.11 Å². The molecule has 5 heteroatoms. The van der Waals surface area contributed by atoms with Crippen molar-refractivity contribution in [3.8, 4) is 0 Å². The van der Waals surface area contributed by atoms with Gasteiger partial charge in [0.2, 0.25) is 0 Å². The van der Waals surface area contributed by atoms with Crippen molar-refractivity contribution >= 4 is 5.97 Å². The van der Waals surface area contributed by atoms with E-state index in [9.17, 15) is 4.79 Å². The highest BCUT2D eigenvalue weighted by atomic mass is 16.4. The Bertz CT molecular complexity index is 511. The van der Waals surface area contributed by atoms with Crippen molar-refractivity contribution in [1.29, 1.82) is 0 Å².